The van der Waals surface area contributed by atoms with Crippen molar-refractivity contribution in [3.05, 3.63) is 68.9 Å². The van der Waals surface area contributed by atoms with Gasteiger partial charge in [-0.1, -0.05) is 39.7 Å². The fourth-order valence-corrected chi connectivity index (χ4v) is 2.82. The van der Waals surface area contributed by atoms with Crippen LogP contribution in [0.25, 0.3) is 11.0 Å². The van der Waals surface area contributed by atoms with Gasteiger partial charge in [0.2, 0.25) is 0 Å². The van der Waals surface area contributed by atoms with E-state index in [4.69, 9.17) is 21.8 Å². The van der Waals surface area contributed by atoms with Crippen LogP contribution in [-0.2, 0) is 0 Å². The quantitative estimate of drug-likeness (QED) is 0.673. The molecule has 0 aliphatic rings. The van der Waals surface area contributed by atoms with Gasteiger partial charge < -0.3 is 10.2 Å². The predicted molar refractivity (Wildman–Crippen MR) is 81.3 cm³/mol. The summed E-state index contributed by atoms with van der Waals surface area (Å²) in [6.45, 7) is 0. The molecule has 21 heavy (non-hydrogen) atoms. The van der Waals surface area contributed by atoms with E-state index in [0.717, 1.165) is 17.5 Å². The molecule has 3 aromatic rings. The molecule has 0 fully saturated rings. The van der Waals surface area contributed by atoms with Gasteiger partial charge in [-0.05, 0) is 24.3 Å². The first-order chi connectivity index (χ1) is 9.97. The average Bonchev–Trinajstić information content (AvgIpc) is 2.82. The standard InChI is InChI=1S/C15H9BrClF2NO/c16-8-5-10(18)13(11(19)6-8)14(20)12-4-7-2-1-3-9(17)15(7)21-12/h1-6,14H,20H2. The van der Waals surface area contributed by atoms with Crippen molar-refractivity contribution >= 4 is 38.5 Å². The minimum atomic E-state index is -1.05. The van der Waals surface area contributed by atoms with E-state index in [-0.39, 0.29) is 11.3 Å². The Morgan fingerprint density at radius 1 is 1.14 bits per heavy atom. The lowest BCUT2D eigenvalue weighted by molar-refractivity contribution is 0.487. The first kappa shape index (κ1) is 14.5. The van der Waals surface area contributed by atoms with Crippen LogP contribution >= 0.6 is 27.5 Å². The number of benzene rings is 2. The molecule has 0 radical (unpaired) electrons. The molecular weight excluding hydrogens is 364 g/mol. The van der Waals surface area contributed by atoms with E-state index < -0.39 is 17.7 Å². The Kier molecular flexibility index (Phi) is 3.73. The molecule has 0 bridgehead atoms. The van der Waals surface area contributed by atoms with Gasteiger partial charge in [-0.2, -0.15) is 0 Å². The molecule has 3 rings (SSSR count). The normalized spacial score (nSPS) is 12.8. The third-order valence-electron chi connectivity index (χ3n) is 3.18. The number of halogens is 4. The molecule has 6 heteroatoms. The Hall–Kier alpha value is -1.43. The Morgan fingerprint density at radius 2 is 1.81 bits per heavy atom. The second-order valence-corrected chi connectivity index (χ2v) is 5.89. The number of nitrogens with two attached hydrogens (primary N) is 1. The highest BCUT2D eigenvalue weighted by molar-refractivity contribution is 9.10. The molecule has 1 atom stereocenters. The topological polar surface area (TPSA) is 39.2 Å². The zero-order chi connectivity index (χ0) is 15.1. The number of rotatable bonds is 2. The van der Waals surface area contributed by atoms with Crippen LogP contribution in [0.5, 0.6) is 0 Å². The van der Waals surface area contributed by atoms with E-state index in [1.165, 1.54) is 0 Å². The summed E-state index contributed by atoms with van der Waals surface area (Å²) in [6.07, 6.45) is 0. The zero-order valence-electron chi connectivity index (χ0n) is 10.5. The average molecular weight is 373 g/mol. The third kappa shape index (κ3) is 2.57. The van der Waals surface area contributed by atoms with E-state index in [1.807, 2.05) is 0 Å². The maximum Gasteiger partial charge on any atom is 0.152 e. The van der Waals surface area contributed by atoms with Gasteiger partial charge in [0.25, 0.3) is 0 Å². The van der Waals surface area contributed by atoms with Gasteiger partial charge in [0, 0.05) is 15.4 Å². The minimum absolute atomic E-state index is 0.242. The molecular formula is C15H9BrClF2NO. The van der Waals surface area contributed by atoms with Crippen LogP contribution < -0.4 is 5.73 Å². The molecule has 0 aliphatic heterocycles. The molecule has 2 aromatic carbocycles. The molecule has 0 aliphatic carbocycles. The van der Waals surface area contributed by atoms with Crippen molar-refractivity contribution in [2.45, 2.75) is 6.04 Å². The Balaban J connectivity index is 2.12. The molecule has 108 valence electrons. The number of hydrogen-bond donors (Lipinski definition) is 1. The molecule has 2 nitrogen and oxygen atoms in total. The number of hydrogen-bond acceptors (Lipinski definition) is 2. The fraction of sp³-hybridized carbons (Fsp3) is 0.0667. The Bertz CT molecular complexity index is 811. The smallest absolute Gasteiger partial charge is 0.152 e. The van der Waals surface area contributed by atoms with E-state index in [0.29, 0.717) is 15.1 Å². The SMILES string of the molecule is NC(c1cc2cccc(Cl)c2o1)c1c(F)cc(Br)cc1F. The van der Waals surface area contributed by atoms with Crippen LogP contribution in [0.3, 0.4) is 0 Å². The minimum Gasteiger partial charge on any atom is -0.457 e. The second-order valence-electron chi connectivity index (χ2n) is 4.57. The van der Waals surface area contributed by atoms with Gasteiger partial charge >= 0.3 is 0 Å². The summed E-state index contributed by atoms with van der Waals surface area (Å²) in [5, 5.41) is 1.15. The summed E-state index contributed by atoms with van der Waals surface area (Å²) in [7, 11) is 0. The van der Waals surface area contributed by atoms with Crippen molar-refractivity contribution in [1.82, 2.24) is 0 Å². The summed E-state index contributed by atoms with van der Waals surface area (Å²) in [6, 6.07) is 8.12. The van der Waals surface area contributed by atoms with Gasteiger partial charge in [-0.25, -0.2) is 8.78 Å². The summed E-state index contributed by atoms with van der Waals surface area (Å²) in [5.41, 5.74) is 6.15. The summed E-state index contributed by atoms with van der Waals surface area (Å²) in [5.74, 6) is -1.22. The molecule has 1 unspecified atom stereocenters. The maximum absolute atomic E-state index is 14.0. The van der Waals surface area contributed by atoms with Crippen molar-refractivity contribution in [2.75, 3.05) is 0 Å². The fourth-order valence-electron chi connectivity index (χ4n) is 2.19. The summed E-state index contributed by atoms with van der Waals surface area (Å²) >= 11 is 9.04. The number of para-hydroxylation sites is 1. The lowest BCUT2D eigenvalue weighted by Crippen LogP contribution is -2.15. The van der Waals surface area contributed by atoms with Crippen LogP contribution in [0, 0.1) is 11.6 Å². The molecule has 1 heterocycles. The molecule has 0 amide bonds. The highest BCUT2D eigenvalue weighted by Gasteiger charge is 2.22. The number of furan rings is 1. The van der Waals surface area contributed by atoms with Crippen LogP contribution in [0.4, 0.5) is 8.78 Å². The Labute approximate surface area is 132 Å². The van der Waals surface area contributed by atoms with E-state index in [1.54, 1.807) is 24.3 Å². The van der Waals surface area contributed by atoms with Gasteiger partial charge in [0.15, 0.2) is 5.58 Å². The van der Waals surface area contributed by atoms with Crippen molar-refractivity contribution in [3.63, 3.8) is 0 Å². The molecule has 2 N–H and O–H groups in total. The van der Waals surface area contributed by atoms with Crippen LogP contribution in [0.1, 0.15) is 17.4 Å². The van der Waals surface area contributed by atoms with Gasteiger partial charge in [-0.3, -0.25) is 0 Å². The summed E-state index contributed by atoms with van der Waals surface area (Å²) < 4.78 is 33.8. The van der Waals surface area contributed by atoms with Crippen molar-refractivity contribution < 1.29 is 13.2 Å². The highest BCUT2D eigenvalue weighted by Crippen LogP contribution is 2.33. The zero-order valence-corrected chi connectivity index (χ0v) is 12.9. The lowest BCUT2D eigenvalue weighted by atomic mass is 10.0. The van der Waals surface area contributed by atoms with Crippen molar-refractivity contribution in [1.29, 1.82) is 0 Å². The number of fused-ring (bicyclic) bond motifs is 1. The monoisotopic (exact) mass is 371 g/mol. The largest absolute Gasteiger partial charge is 0.457 e. The molecule has 1 aromatic heterocycles. The molecule has 0 saturated carbocycles. The first-order valence-electron chi connectivity index (χ1n) is 6.05. The third-order valence-corrected chi connectivity index (χ3v) is 3.93. The predicted octanol–water partition coefficient (Wildman–Crippen LogP) is 5.18. The second kappa shape index (κ2) is 5.40. The van der Waals surface area contributed by atoms with E-state index in [2.05, 4.69) is 15.9 Å². The van der Waals surface area contributed by atoms with Crippen molar-refractivity contribution in [3.8, 4) is 0 Å². The van der Waals surface area contributed by atoms with Crippen LogP contribution in [-0.4, -0.2) is 0 Å². The van der Waals surface area contributed by atoms with Gasteiger partial charge in [0.05, 0.1) is 11.1 Å². The first-order valence-corrected chi connectivity index (χ1v) is 7.22. The van der Waals surface area contributed by atoms with E-state index in [9.17, 15) is 8.78 Å². The van der Waals surface area contributed by atoms with Crippen molar-refractivity contribution in [2.24, 2.45) is 5.73 Å². The van der Waals surface area contributed by atoms with E-state index >= 15 is 0 Å². The molecule has 0 spiro atoms. The maximum atomic E-state index is 14.0. The van der Waals surface area contributed by atoms with Gasteiger partial charge in [-0.15, -0.1) is 0 Å². The van der Waals surface area contributed by atoms with Crippen LogP contribution in [0.2, 0.25) is 5.02 Å². The lowest BCUT2D eigenvalue weighted by Gasteiger charge is -2.11. The highest BCUT2D eigenvalue weighted by atomic mass is 79.9. The van der Waals surface area contributed by atoms with Crippen LogP contribution in [0.15, 0.2) is 45.3 Å². The summed E-state index contributed by atoms with van der Waals surface area (Å²) in [4.78, 5) is 0. The Morgan fingerprint density at radius 3 is 2.43 bits per heavy atom. The van der Waals surface area contributed by atoms with Gasteiger partial charge in [0.1, 0.15) is 17.4 Å². The molecule has 0 saturated heterocycles.